The Morgan fingerprint density at radius 2 is 0.960 bits per heavy atom. The third kappa shape index (κ3) is 16.4. The number of Topliss-reactive ketones (excluding diaryl/α,β-unsaturated/α-hetero) is 1. The molecule has 4 heterocycles. The number of fused-ring (bicyclic) bond motifs is 1. The number of hydrogen-bond acceptors (Lipinski definition) is 33. The van der Waals surface area contributed by atoms with E-state index >= 15 is 0 Å². The van der Waals surface area contributed by atoms with Crippen molar-refractivity contribution in [2.75, 3.05) is 32.4 Å². The third-order valence-corrected chi connectivity index (χ3v) is 19.0. The first-order chi connectivity index (χ1) is 46.1. The van der Waals surface area contributed by atoms with Gasteiger partial charge in [0.2, 0.25) is 5.78 Å². The summed E-state index contributed by atoms with van der Waals surface area (Å²) in [5, 5.41) is 33.3. The van der Waals surface area contributed by atoms with Crippen LogP contribution in [0.5, 0.6) is 0 Å². The van der Waals surface area contributed by atoms with Crippen molar-refractivity contribution in [3.05, 3.63) is 162 Å². The summed E-state index contributed by atoms with van der Waals surface area (Å²) in [5.74, 6) is -5.95. The topological polar surface area (TPSA) is 649 Å². The third-order valence-electron chi connectivity index (χ3n) is 13.0. The number of anilines is 10. The molecule has 512 valence electrons. The maximum atomic E-state index is 14.5. The first-order valence-electron chi connectivity index (χ1n) is 26.2. The van der Waals surface area contributed by atoms with Gasteiger partial charge < -0.3 is 41.5 Å². The van der Waals surface area contributed by atoms with Crippen LogP contribution in [-0.2, 0) is 70.8 Å². The minimum absolute atomic E-state index is 0.0334. The van der Waals surface area contributed by atoms with Crippen LogP contribution in [0.3, 0.4) is 0 Å². The van der Waals surface area contributed by atoms with Gasteiger partial charge in [-0.3, -0.25) is 37.5 Å². The van der Waals surface area contributed by atoms with Gasteiger partial charge in [-0.2, -0.15) is 55.6 Å². The van der Waals surface area contributed by atoms with E-state index in [1.165, 1.54) is 42.7 Å². The number of hydrogen-bond donors (Lipinski definition) is 12. The summed E-state index contributed by atoms with van der Waals surface area (Å²) in [4.78, 5) is 44.3. The molecule has 10 rings (SSSR count). The second-order valence-corrected chi connectivity index (χ2v) is 29.5. The minimum Gasteiger partial charge on any atom is -0.744 e. The summed E-state index contributed by atoms with van der Waals surface area (Å²) in [6.07, 6.45) is 4.72. The first kappa shape index (κ1) is 70.5. The summed E-state index contributed by atoms with van der Waals surface area (Å²) in [6, 6.07) is 19.1. The van der Waals surface area contributed by atoms with Gasteiger partial charge in [0.15, 0.2) is 5.71 Å². The number of hydrazone groups is 1. The highest BCUT2D eigenvalue weighted by Crippen LogP contribution is 2.42. The van der Waals surface area contributed by atoms with Crippen molar-refractivity contribution < 1.29 is 115 Å². The van der Waals surface area contributed by atoms with Crippen LogP contribution in [0.2, 0.25) is 0 Å². The van der Waals surface area contributed by atoms with Gasteiger partial charge in [0.05, 0.1) is 62.4 Å². The summed E-state index contributed by atoms with van der Waals surface area (Å²) in [7, 11) is -36.7. The van der Waals surface area contributed by atoms with E-state index in [-0.39, 0.29) is 34.3 Å². The maximum Gasteiger partial charge on any atom is 0.444 e. The molecule has 1 aliphatic rings. The molecule has 13 N–H and O–H groups in total. The Kier molecular flexibility index (Phi) is 18.7. The van der Waals surface area contributed by atoms with Crippen molar-refractivity contribution in [1.82, 2.24) is 29.9 Å². The number of aromatic carboxylic acids is 1. The Balaban J connectivity index is 0.989. The lowest BCUT2D eigenvalue weighted by molar-refractivity contribution is -0.605. The van der Waals surface area contributed by atoms with Crippen LogP contribution >= 0.6 is 0 Å². The second-order valence-electron chi connectivity index (χ2n) is 19.8. The van der Waals surface area contributed by atoms with E-state index in [0.29, 0.717) is 24.3 Å². The van der Waals surface area contributed by atoms with E-state index in [1.54, 1.807) is 0 Å². The number of benzene rings is 5. The lowest BCUT2D eigenvalue weighted by Gasteiger charge is -2.20. The second kappa shape index (κ2) is 26.3. The SMILES string of the molecule is Nc1c(N=Nc2ccc(Nc3nc(Nc4cccc(S(=O)(=O)O)c4)nc(-[n+]4cccc(S(=O)(=O)[O-])c4)n3)cc2S(=O)(=O)O)c(S(=O)(=O)O)cc2c1C(=O)/C(=N/Nc1ccc(Nc3nc(Nc4cccc(S(=O)(=O)O)c4)nc(-[n+]4cccc(C(=O)[O-])c4)n3)cc1S(=O)(=O)O)C(S(=O)(=O)O)=C2. The fourth-order valence-corrected chi connectivity index (χ4v) is 12.9. The van der Waals surface area contributed by atoms with Gasteiger partial charge in [0.1, 0.15) is 41.1 Å². The normalized spacial score (nSPS) is 13.5. The molecular weight excluding hydrogens is 1460 g/mol. The fourth-order valence-electron chi connectivity index (χ4n) is 8.72. The number of carbonyl (C=O) groups is 2. The van der Waals surface area contributed by atoms with Crippen LogP contribution < -0.4 is 46.7 Å². The van der Waals surface area contributed by atoms with Gasteiger partial charge in [-0.25, -0.2) is 17.6 Å². The van der Waals surface area contributed by atoms with Crippen molar-refractivity contribution in [3.63, 3.8) is 0 Å². The maximum absolute atomic E-state index is 14.5. The number of carboxylic acid groups (broad SMARTS) is 1. The highest BCUT2D eigenvalue weighted by molar-refractivity contribution is 7.91. The van der Waals surface area contributed by atoms with E-state index in [0.717, 1.165) is 88.3 Å². The van der Waals surface area contributed by atoms with E-state index < -0.39 is 186 Å². The van der Waals surface area contributed by atoms with Crippen LogP contribution in [0.25, 0.3) is 18.0 Å². The molecule has 1 aliphatic carbocycles. The number of nitrogens with one attached hydrogen (secondary N) is 5. The van der Waals surface area contributed by atoms with Crippen molar-refractivity contribution >= 4 is 164 Å². The molecule has 0 aliphatic heterocycles. The summed E-state index contributed by atoms with van der Waals surface area (Å²) in [5.41, 5.74) is 0.305. The molecule has 0 fully saturated rings. The minimum atomic E-state index is -5.66. The molecule has 48 heteroatoms. The summed E-state index contributed by atoms with van der Waals surface area (Å²) in [6.45, 7) is 0. The molecule has 4 aromatic heterocycles. The Morgan fingerprint density at radius 1 is 0.495 bits per heavy atom. The van der Waals surface area contributed by atoms with E-state index in [4.69, 9.17) is 5.73 Å². The lowest BCUT2D eigenvalue weighted by atomic mass is 9.92. The quantitative estimate of drug-likeness (QED) is 0.0152. The number of pyridine rings is 2. The number of azo groups is 1. The Labute approximate surface area is 555 Å². The molecule has 0 bridgehead atoms. The number of carboxylic acids is 1. The molecule has 99 heavy (non-hydrogen) atoms. The molecule has 0 unspecified atom stereocenters. The number of nitrogens with zero attached hydrogens (tertiary/aromatic N) is 11. The lowest BCUT2D eigenvalue weighted by Crippen LogP contribution is -2.36. The number of nitrogen functional groups attached to an aromatic ring is 1. The molecule has 0 spiro atoms. The van der Waals surface area contributed by atoms with Crippen molar-refractivity contribution in [2.24, 2.45) is 15.3 Å². The fraction of sp³-hybridized carbons (Fsp3) is 0. The number of rotatable bonds is 22. The zero-order valence-corrected chi connectivity index (χ0v) is 54.0. The first-order valence-corrected chi connectivity index (χ1v) is 36.2. The van der Waals surface area contributed by atoms with Crippen molar-refractivity contribution in [1.29, 1.82) is 0 Å². The summed E-state index contributed by atoms with van der Waals surface area (Å²) >= 11 is 0. The average molecular weight is 1500 g/mol. The molecule has 0 saturated carbocycles. The predicted octanol–water partition coefficient (Wildman–Crippen LogP) is 1.98. The monoisotopic (exact) mass is 1500 g/mol. The largest absolute Gasteiger partial charge is 0.744 e. The molecule has 0 atom stereocenters. The van der Waals surface area contributed by atoms with Gasteiger partial charge in [0, 0.05) is 28.3 Å². The standard InChI is InChI=1S/C51H37N17O24S7/c52-41-40-26(17-38(98(87,88)89)42(41)65-63-34-13-11-29(21-36(34)96(81,82)83)56-49-58-47(54-28-7-2-9-32(20-28)94(75,76)77)61-51(62-49)68-16-4-10-33(24-68)95(78,79)80)18-39(99(90,91)92)43(44(40)69)66-64-35-14-12-30(22-37(35)97(84,85)86)55-48-57-46(53-27-6-1-8-31(19-27)93(72,73)74)59-50(60-48)67-15-3-5-25(23-67)45(70)71/h1-24H,(H13-2,52,53,54,55,56,57,58,59,60,61,62,63,64,65,66,69,70,71,72,73,74,75,76,77,78,79,80,81,82,83,84,85,86,87,88,89,90,91,92). The number of ketones is 1. The Bertz CT molecular complexity index is 5910. The molecule has 0 radical (unpaired) electrons. The van der Waals surface area contributed by atoms with E-state index in [1.807, 2.05) is 0 Å². The molecular formula is C51H37N17O24S7. The molecule has 41 nitrogen and oxygen atoms in total. The molecule has 0 amide bonds. The van der Waals surface area contributed by atoms with Crippen LogP contribution in [0.4, 0.5) is 69.3 Å². The van der Waals surface area contributed by atoms with E-state index in [2.05, 4.69) is 71.9 Å². The number of aromatic nitrogens is 8. The Morgan fingerprint density at radius 3 is 1.43 bits per heavy atom. The number of carbonyl (C=O) groups excluding carboxylic acids is 2. The zero-order valence-electron chi connectivity index (χ0n) is 48.2. The van der Waals surface area contributed by atoms with Gasteiger partial charge >= 0.3 is 35.7 Å². The smallest absolute Gasteiger partial charge is 0.444 e. The van der Waals surface area contributed by atoms with E-state index in [9.17, 15) is 105 Å². The van der Waals surface area contributed by atoms with Gasteiger partial charge in [-0.05, 0) is 135 Å². The molecule has 0 saturated heterocycles. The van der Waals surface area contributed by atoms with Crippen molar-refractivity contribution in [3.8, 4) is 11.9 Å². The highest BCUT2D eigenvalue weighted by Gasteiger charge is 2.38. The van der Waals surface area contributed by atoms with Gasteiger partial charge in [0.25, 0.3) is 60.7 Å². The van der Waals surface area contributed by atoms with Gasteiger partial charge in [-0.1, -0.05) is 12.1 Å². The zero-order chi connectivity index (χ0) is 72.1. The highest BCUT2D eigenvalue weighted by atomic mass is 32.2. The average Bonchev–Trinajstić information content (AvgIpc) is 0.740. The van der Waals surface area contributed by atoms with Crippen LogP contribution in [0.15, 0.2) is 190 Å². The summed E-state index contributed by atoms with van der Waals surface area (Å²) < 4.78 is 250. The molecule has 5 aromatic carbocycles. The van der Waals surface area contributed by atoms with Crippen LogP contribution in [0, 0.1) is 0 Å². The number of nitrogens with two attached hydrogens (primary N) is 1. The molecule has 9 aromatic rings. The van der Waals surface area contributed by atoms with Crippen LogP contribution in [0.1, 0.15) is 26.3 Å². The predicted molar refractivity (Wildman–Crippen MR) is 333 cm³/mol. The van der Waals surface area contributed by atoms with Crippen LogP contribution in [-0.4, -0.2) is 138 Å². The van der Waals surface area contributed by atoms with Crippen molar-refractivity contribution in [2.45, 2.75) is 29.4 Å². The number of allylic oxidation sites excluding steroid dienone is 1. The Hall–Kier alpha value is -11.3. The van der Waals surface area contributed by atoms with Gasteiger partial charge in [-0.15, -0.1) is 20.2 Å².